The lowest BCUT2D eigenvalue weighted by molar-refractivity contribution is 0.598. The van der Waals surface area contributed by atoms with Gasteiger partial charge in [-0.2, -0.15) is 0 Å². The van der Waals surface area contributed by atoms with Crippen LogP contribution in [-0.4, -0.2) is 22.8 Å². The fourth-order valence-corrected chi connectivity index (χ4v) is 5.81. The lowest BCUT2D eigenvalue weighted by Gasteiger charge is -2.12. The van der Waals surface area contributed by atoms with Crippen LogP contribution in [0.4, 0.5) is 21.6 Å². The van der Waals surface area contributed by atoms with Gasteiger partial charge in [0, 0.05) is 22.7 Å². The van der Waals surface area contributed by atoms with Crippen molar-refractivity contribution >= 4 is 44.3 Å². The van der Waals surface area contributed by atoms with Crippen LogP contribution in [-0.2, 0) is 10.0 Å². The van der Waals surface area contributed by atoms with Gasteiger partial charge in [-0.1, -0.05) is 55.8 Å². The quantitative estimate of drug-likeness (QED) is 0.224. The van der Waals surface area contributed by atoms with Crippen molar-refractivity contribution in [3.8, 4) is 22.5 Å². The van der Waals surface area contributed by atoms with E-state index >= 15 is 4.39 Å². The summed E-state index contributed by atoms with van der Waals surface area (Å²) in [4.78, 5) is 9.05. The van der Waals surface area contributed by atoms with E-state index in [1.165, 1.54) is 30.3 Å². The minimum Gasteiger partial charge on any atom is -0.399 e. The van der Waals surface area contributed by atoms with Crippen molar-refractivity contribution in [3.63, 3.8) is 0 Å². The Kier molecular flexibility index (Phi) is 6.46. The Balaban J connectivity index is 1.62. The predicted molar refractivity (Wildman–Crippen MR) is 149 cm³/mol. The molecule has 5 aromatic rings. The Morgan fingerprint density at radius 1 is 1.00 bits per heavy atom. The minimum atomic E-state index is -4.11. The largest absolute Gasteiger partial charge is 0.399 e. The molecule has 0 aliphatic rings. The monoisotopic (exact) mass is 550 g/mol. The molecule has 0 bridgehead atoms. The molecular weight excluding hydrogens is 527 g/mol. The highest BCUT2D eigenvalue weighted by atomic mass is 35.5. The van der Waals surface area contributed by atoms with E-state index < -0.39 is 15.8 Å². The van der Waals surface area contributed by atoms with E-state index in [0.717, 1.165) is 11.3 Å². The molecule has 5 rings (SSSR count). The summed E-state index contributed by atoms with van der Waals surface area (Å²) in [6.45, 7) is 3.99. The first-order valence-corrected chi connectivity index (χ1v) is 13.5. The molecule has 2 heterocycles. The van der Waals surface area contributed by atoms with Crippen LogP contribution in [0.3, 0.4) is 0 Å². The molecule has 0 atom stereocenters. The van der Waals surface area contributed by atoms with Crippen molar-refractivity contribution in [1.82, 2.24) is 14.4 Å². The number of hydrogen-bond donors (Lipinski definition) is 3. The normalized spacial score (nSPS) is 11.8. The summed E-state index contributed by atoms with van der Waals surface area (Å²) in [5.74, 6) is 0.145. The van der Waals surface area contributed by atoms with Crippen LogP contribution in [0.15, 0.2) is 77.8 Å². The number of hydrogen-bond acceptors (Lipinski definition) is 6. The van der Waals surface area contributed by atoms with Gasteiger partial charge >= 0.3 is 0 Å². The summed E-state index contributed by atoms with van der Waals surface area (Å²) in [6, 6.07) is 17.4. The second kappa shape index (κ2) is 9.62. The van der Waals surface area contributed by atoms with Crippen molar-refractivity contribution in [2.24, 2.45) is 0 Å². The number of nitrogen functional groups attached to an aromatic ring is 2. The molecule has 0 saturated carbocycles. The van der Waals surface area contributed by atoms with Crippen molar-refractivity contribution in [2.75, 3.05) is 16.2 Å². The number of rotatable bonds is 6. The lowest BCUT2D eigenvalue weighted by Crippen LogP contribution is -2.14. The number of benzene rings is 3. The first-order valence-electron chi connectivity index (χ1n) is 11.7. The molecule has 11 heteroatoms. The third-order valence-corrected chi connectivity index (χ3v) is 7.91. The van der Waals surface area contributed by atoms with E-state index in [9.17, 15) is 8.42 Å². The van der Waals surface area contributed by atoms with Crippen molar-refractivity contribution in [3.05, 3.63) is 89.6 Å². The zero-order chi connectivity index (χ0) is 27.2. The number of sulfonamides is 1. The van der Waals surface area contributed by atoms with Gasteiger partial charge in [0.25, 0.3) is 10.0 Å². The Bertz CT molecular complexity index is 1790. The zero-order valence-electron chi connectivity index (χ0n) is 20.5. The molecule has 0 unspecified atom stereocenters. The highest BCUT2D eigenvalue weighted by Gasteiger charge is 2.23. The van der Waals surface area contributed by atoms with Gasteiger partial charge in [-0.05, 0) is 36.4 Å². The number of fused-ring (bicyclic) bond motifs is 1. The van der Waals surface area contributed by atoms with E-state index in [1.807, 2.05) is 30.4 Å². The zero-order valence-corrected chi connectivity index (χ0v) is 22.1. The summed E-state index contributed by atoms with van der Waals surface area (Å²) in [5, 5.41) is 0.0302. The van der Waals surface area contributed by atoms with Crippen LogP contribution in [0.2, 0.25) is 5.02 Å². The number of anilines is 3. The number of nitrogens with zero attached hydrogens (tertiary/aromatic N) is 3. The first-order chi connectivity index (χ1) is 18.1. The maximum absolute atomic E-state index is 15.3. The molecule has 38 heavy (non-hydrogen) atoms. The van der Waals surface area contributed by atoms with E-state index in [1.54, 1.807) is 30.5 Å². The summed E-state index contributed by atoms with van der Waals surface area (Å²) in [6.07, 6.45) is 1.67. The van der Waals surface area contributed by atoms with Gasteiger partial charge in [-0.25, -0.2) is 22.8 Å². The van der Waals surface area contributed by atoms with E-state index in [-0.39, 0.29) is 27.3 Å². The predicted octanol–water partition coefficient (Wildman–Crippen LogP) is 5.94. The van der Waals surface area contributed by atoms with Gasteiger partial charge in [0.15, 0.2) is 0 Å². The summed E-state index contributed by atoms with van der Waals surface area (Å²) < 4.78 is 45.1. The smallest absolute Gasteiger partial charge is 0.263 e. The highest BCUT2D eigenvalue weighted by Crippen LogP contribution is 2.36. The number of aromatic nitrogens is 3. The van der Waals surface area contributed by atoms with Gasteiger partial charge in [0.1, 0.15) is 33.6 Å². The molecule has 0 fully saturated rings. The maximum Gasteiger partial charge on any atom is 0.263 e. The van der Waals surface area contributed by atoms with E-state index in [2.05, 4.69) is 9.71 Å². The molecule has 2 aromatic heterocycles. The third-order valence-electron chi connectivity index (χ3n) is 6.05. The third kappa shape index (κ3) is 4.52. The van der Waals surface area contributed by atoms with Crippen molar-refractivity contribution in [2.45, 2.75) is 24.7 Å². The molecule has 5 N–H and O–H groups in total. The fraction of sp³-hybridized carbons (Fsp3) is 0.111. The summed E-state index contributed by atoms with van der Waals surface area (Å²) in [7, 11) is -4.11. The van der Waals surface area contributed by atoms with Gasteiger partial charge < -0.3 is 11.5 Å². The Hall–Kier alpha value is -4.15. The van der Waals surface area contributed by atoms with Gasteiger partial charge in [-0.15, -0.1) is 0 Å². The fourth-order valence-electron chi connectivity index (χ4n) is 4.22. The number of halogens is 2. The molecule has 194 valence electrons. The van der Waals surface area contributed by atoms with Gasteiger partial charge in [0.2, 0.25) is 0 Å². The molecule has 0 aliphatic carbocycles. The van der Waals surface area contributed by atoms with Crippen molar-refractivity contribution < 1.29 is 12.8 Å². The molecule has 0 radical (unpaired) electrons. The number of imidazole rings is 1. The van der Waals surface area contributed by atoms with Crippen LogP contribution in [0, 0.1) is 5.82 Å². The van der Waals surface area contributed by atoms with Gasteiger partial charge in [0.05, 0.1) is 22.6 Å². The van der Waals surface area contributed by atoms with E-state index in [0.29, 0.717) is 28.3 Å². The average Bonchev–Trinajstić information content (AvgIpc) is 3.28. The van der Waals surface area contributed by atoms with Crippen LogP contribution in [0.5, 0.6) is 0 Å². The maximum atomic E-state index is 15.3. The molecule has 0 amide bonds. The van der Waals surface area contributed by atoms with Crippen LogP contribution in [0.1, 0.15) is 25.6 Å². The molecule has 8 nitrogen and oxygen atoms in total. The van der Waals surface area contributed by atoms with Crippen LogP contribution < -0.4 is 16.2 Å². The van der Waals surface area contributed by atoms with Gasteiger partial charge in [-0.3, -0.25) is 9.12 Å². The van der Waals surface area contributed by atoms with Crippen molar-refractivity contribution in [1.29, 1.82) is 0 Å². The minimum absolute atomic E-state index is 0.00266. The Morgan fingerprint density at radius 3 is 2.34 bits per heavy atom. The first kappa shape index (κ1) is 25.5. The van der Waals surface area contributed by atoms with Crippen LogP contribution >= 0.6 is 11.6 Å². The van der Waals surface area contributed by atoms with E-state index in [4.69, 9.17) is 28.1 Å². The summed E-state index contributed by atoms with van der Waals surface area (Å²) >= 11 is 6.04. The topological polar surface area (TPSA) is 128 Å². The highest BCUT2D eigenvalue weighted by molar-refractivity contribution is 7.92. The second-order valence-corrected chi connectivity index (χ2v) is 11.1. The summed E-state index contributed by atoms with van der Waals surface area (Å²) in [5.41, 5.74) is 15.6. The molecular formula is C27H24ClFN6O2S. The van der Waals surface area contributed by atoms with Crippen LogP contribution in [0.25, 0.3) is 28.0 Å². The SMILES string of the molecule is CC(C)c1nc(-c2ccc(NS(=O)(=O)c3ccccc3Cl)c(F)c2)c2c(N)ncc(-c3ccc(N)cc3)n12. The molecule has 3 aromatic carbocycles. The average molecular weight is 551 g/mol. The Morgan fingerprint density at radius 2 is 1.68 bits per heavy atom. The number of nitrogens with two attached hydrogens (primary N) is 2. The lowest BCUT2D eigenvalue weighted by atomic mass is 10.1. The molecule has 0 aliphatic heterocycles. The second-order valence-electron chi connectivity index (χ2n) is 9.04. The standard InChI is InChI=1S/C27H24ClFN6O2S/c1-15(2)27-33-24(25-26(31)32-14-22(35(25)27)16-7-10-18(30)11-8-16)17-9-12-21(20(29)13-17)34-38(36,37)23-6-4-3-5-19(23)28/h3-15,34H,30H2,1-2H3,(H2,31,32). The molecule has 0 spiro atoms. The number of nitrogens with one attached hydrogen (secondary N) is 1. The Labute approximate surface area is 224 Å². The molecule has 0 saturated heterocycles.